The summed E-state index contributed by atoms with van der Waals surface area (Å²) in [4.78, 5) is 4.26. The van der Waals surface area contributed by atoms with E-state index in [-0.39, 0.29) is 0 Å². The summed E-state index contributed by atoms with van der Waals surface area (Å²) in [5, 5.41) is 1.17. The lowest BCUT2D eigenvalue weighted by molar-refractivity contribution is 0.288. The van der Waals surface area contributed by atoms with E-state index >= 15 is 0 Å². The van der Waals surface area contributed by atoms with Crippen molar-refractivity contribution in [1.82, 2.24) is 4.98 Å². The molecule has 4 N–H and O–H groups in total. The van der Waals surface area contributed by atoms with Gasteiger partial charge >= 0.3 is 0 Å². The minimum atomic E-state index is 0.506. The summed E-state index contributed by atoms with van der Waals surface area (Å²) >= 11 is 1.31. The highest BCUT2D eigenvalue weighted by molar-refractivity contribution is 7.19. The highest BCUT2D eigenvalue weighted by Gasteiger charge is 2.14. The summed E-state index contributed by atoms with van der Waals surface area (Å²) in [7, 11) is 0. The monoisotopic (exact) mass is 247 g/mol. The second kappa shape index (κ2) is 3.92. The smallest absolute Gasteiger partial charge is 0.182 e. The molecule has 0 unspecified atom stereocenters. The number of nitrogen functional groups attached to an aromatic ring is 2. The van der Waals surface area contributed by atoms with Crippen LogP contribution in [0.15, 0.2) is 18.2 Å². The normalized spacial score (nSPS) is 14.1. The third-order valence-corrected chi connectivity index (χ3v) is 3.57. The first-order chi connectivity index (χ1) is 8.24. The zero-order valence-electron chi connectivity index (χ0n) is 9.27. The van der Waals surface area contributed by atoms with Crippen LogP contribution in [0.5, 0.6) is 5.75 Å². The highest BCUT2D eigenvalue weighted by atomic mass is 32.1. The number of hydrogen-bond donors (Lipinski definition) is 2. The number of ether oxygens (including phenoxy) is 1. The van der Waals surface area contributed by atoms with Gasteiger partial charge in [0, 0.05) is 5.56 Å². The quantitative estimate of drug-likeness (QED) is 0.811. The van der Waals surface area contributed by atoms with E-state index < -0.39 is 0 Å². The lowest BCUT2D eigenvalue weighted by Gasteiger charge is -2.17. The maximum absolute atomic E-state index is 5.89. The van der Waals surface area contributed by atoms with Gasteiger partial charge in [0.15, 0.2) is 5.13 Å². The van der Waals surface area contributed by atoms with Gasteiger partial charge in [-0.1, -0.05) is 11.3 Å². The SMILES string of the molecule is Nc1nc(-c2ccc3c(c2)CCCO3)c(N)s1. The number of anilines is 2. The lowest BCUT2D eigenvalue weighted by atomic mass is 10.0. The molecule has 4 nitrogen and oxygen atoms in total. The van der Waals surface area contributed by atoms with E-state index in [1.807, 2.05) is 12.1 Å². The Labute approximate surface area is 103 Å². The second-order valence-electron chi connectivity index (χ2n) is 4.04. The Morgan fingerprint density at radius 3 is 2.94 bits per heavy atom. The van der Waals surface area contributed by atoms with Gasteiger partial charge in [-0.05, 0) is 36.6 Å². The van der Waals surface area contributed by atoms with E-state index in [9.17, 15) is 0 Å². The molecule has 0 spiro atoms. The highest BCUT2D eigenvalue weighted by Crippen LogP contribution is 2.35. The van der Waals surface area contributed by atoms with Crippen molar-refractivity contribution in [3.63, 3.8) is 0 Å². The number of aromatic nitrogens is 1. The fourth-order valence-electron chi connectivity index (χ4n) is 2.06. The van der Waals surface area contributed by atoms with Crippen LogP contribution in [0.4, 0.5) is 10.1 Å². The summed E-state index contributed by atoms with van der Waals surface area (Å²) in [6.45, 7) is 0.804. The van der Waals surface area contributed by atoms with Crippen LogP contribution in [0.25, 0.3) is 11.3 Å². The molecule has 5 heteroatoms. The van der Waals surface area contributed by atoms with Gasteiger partial charge in [0.1, 0.15) is 16.4 Å². The summed E-state index contributed by atoms with van der Waals surface area (Å²) < 4.78 is 5.58. The van der Waals surface area contributed by atoms with E-state index in [1.165, 1.54) is 16.9 Å². The first-order valence-corrected chi connectivity index (χ1v) is 6.33. The van der Waals surface area contributed by atoms with Crippen LogP contribution in [0.3, 0.4) is 0 Å². The van der Waals surface area contributed by atoms with Gasteiger partial charge in [0.05, 0.1) is 6.61 Å². The van der Waals surface area contributed by atoms with Gasteiger partial charge in [0.2, 0.25) is 0 Å². The number of nitrogens with two attached hydrogens (primary N) is 2. The van der Waals surface area contributed by atoms with E-state index in [1.54, 1.807) is 0 Å². The van der Waals surface area contributed by atoms with Gasteiger partial charge in [-0.2, -0.15) is 0 Å². The molecule has 1 aliphatic heterocycles. The fourth-order valence-corrected chi connectivity index (χ4v) is 2.69. The van der Waals surface area contributed by atoms with Crippen molar-refractivity contribution in [3.05, 3.63) is 23.8 Å². The average Bonchev–Trinajstić information content (AvgIpc) is 2.68. The third kappa shape index (κ3) is 1.82. The van der Waals surface area contributed by atoms with Crippen molar-refractivity contribution in [1.29, 1.82) is 0 Å². The van der Waals surface area contributed by atoms with Crippen LogP contribution in [0.2, 0.25) is 0 Å². The van der Waals surface area contributed by atoms with E-state index in [4.69, 9.17) is 16.2 Å². The zero-order valence-corrected chi connectivity index (χ0v) is 10.1. The van der Waals surface area contributed by atoms with Crippen LogP contribution < -0.4 is 16.2 Å². The van der Waals surface area contributed by atoms with Gasteiger partial charge in [-0.15, -0.1) is 0 Å². The Hall–Kier alpha value is -1.75. The lowest BCUT2D eigenvalue weighted by Crippen LogP contribution is -2.08. The summed E-state index contributed by atoms with van der Waals surface area (Å²) in [5.74, 6) is 0.974. The third-order valence-electron chi connectivity index (χ3n) is 2.85. The molecule has 0 saturated heterocycles. The first-order valence-electron chi connectivity index (χ1n) is 5.52. The molecule has 2 heterocycles. The summed E-state index contributed by atoms with van der Waals surface area (Å²) in [6.07, 6.45) is 2.10. The molecule has 0 atom stereocenters. The van der Waals surface area contributed by atoms with E-state index in [2.05, 4.69) is 11.1 Å². The molecule has 2 aromatic rings. The van der Waals surface area contributed by atoms with Gasteiger partial charge in [-0.3, -0.25) is 0 Å². The van der Waals surface area contributed by atoms with Crippen LogP contribution in [-0.4, -0.2) is 11.6 Å². The van der Waals surface area contributed by atoms with Crippen molar-refractivity contribution in [2.45, 2.75) is 12.8 Å². The van der Waals surface area contributed by atoms with Crippen LogP contribution in [-0.2, 0) is 6.42 Å². The minimum absolute atomic E-state index is 0.506. The number of aryl methyl sites for hydroxylation is 1. The molecule has 88 valence electrons. The maximum atomic E-state index is 5.89. The van der Waals surface area contributed by atoms with Crippen molar-refractivity contribution < 1.29 is 4.74 Å². The molecule has 1 aromatic heterocycles. The predicted molar refractivity (Wildman–Crippen MR) is 70.2 cm³/mol. The summed E-state index contributed by atoms with van der Waals surface area (Å²) in [6, 6.07) is 6.06. The van der Waals surface area contributed by atoms with E-state index in [0.717, 1.165) is 36.5 Å². The second-order valence-corrected chi connectivity index (χ2v) is 5.10. The Bertz CT molecular complexity index is 565. The number of thiazole rings is 1. The standard InChI is InChI=1S/C12H13N3OS/c13-11-10(15-12(14)17-11)8-3-4-9-7(6-8)2-1-5-16-9/h3-4,6H,1-2,5,13H2,(H2,14,15). The molecule has 17 heavy (non-hydrogen) atoms. The van der Waals surface area contributed by atoms with Crippen molar-refractivity contribution >= 4 is 21.5 Å². The molecule has 1 aromatic carbocycles. The number of nitrogens with zero attached hydrogens (tertiary/aromatic N) is 1. The van der Waals surface area contributed by atoms with Crippen molar-refractivity contribution in [2.75, 3.05) is 18.1 Å². The average molecular weight is 247 g/mol. The fraction of sp³-hybridized carbons (Fsp3) is 0.250. The molecule has 0 radical (unpaired) electrons. The molecule has 0 saturated carbocycles. The number of hydrogen-bond acceptors (Lipinski definition) is 5. The molecule has 0 aliphatic carbocycles. The Morgan fingerprint density at radius 2 is 2.18 bits per heavy atom. The van der Waals surface area contributed by atoms with Crippen LogP contribution in [0.1, 0.15) is 12.0 Å². The van der Waals surface area contributed by atoms with Gasteiger partial charge in [0.25, 0.3) is 0 Å². The number of rotatable bonds is 1. The zero-order chi connectivity index (χ0) is 11.8. The molecule has 0 amide bonds. The van der Waals surface area contributed by atoms with Gasteiger partial charge in [-0.25, -0.2) is 4.98 Å². The molecule has 3 rings (SSSR count). The van der Waals surface area contributed by atoms with E-state index in [0.29, 0.717) is 10.1 Å². The maximum Gasteiger partial charge on any atom is 0.182 e. The predicted octanol–water partition coefficient (Wildman–Crippen LogP) is 2.30. The molecule has 0 bridgehead atoms. The molecular formula is C12H13N3OS. The van der Waals surface area contributed by atoms with Crippen LogP contribution >= 0.6 is 11.3 Å². The van der Waals surface area contributed by atoms with Gasteiger partial charge < -0.3 is 16.2 Å². The Balaban J connectivity index is 2.06. The number of benzene rings is 1. The Kier molecular flexibility index (Phi) is 2.40. The molecular weight excluding hydrogens is 234 g/mol. The van der Waals surface area contributed by atoms with Crippen molar-refractivity contribution in [2.24, 2.45) is 0 Å². The molecule has 1 aliphatic rings. The minimum Gasteiger partial charge on any atom is -0.493 e. The largest absolute Gasteiger partial charge is 0.493 e. The molecule has 0 fully saturated rings. The first kappa shape index (κ1) is 10.4. The number of fused-ring (bicyclic) bond motifs is 1. The Morgan fingerprint density at radius 1 is 1.29 bits per heavy atom. The topological polar surface area (TPSA) is 74.2 Å². The summed E-state index contributed by atoms with van der Waals surface area (Å²) in [5.41, 5.74) is 14.6. The van der Waals surface area contributed by atoms with Crippen LogP contribution in [0, 0.1) is 0 Å². The van der Waals surface area contributed by atoms with Crippen molar-refractivity contribution in [3.8, 4) is 17.0 Å².